The van der Waals surface area contributed by atoms with Crippen LogP contribution < -0.4 is 4.52 Å². The fourth-order valence-corrected chi connectivity index (χ4v) is 4.94. The van der Waals surface area contributed by atoms with Gasteiger partial charge < -0.3 is 24.1 Å². The van der Waals surface area contributed by atoms with Gasteiger partial charge in [0, 0.05) is 32.0 Å². The van der Waals surface area contributed by atoms with Crippen LogP contribution in [-0.4, -0.2) is 63.2 Å². The summed E-state index contributed by atoms with van der Waals surface area (Å²) in [6.07, 6.45) is 9.54. The zero-order valence-electron chi connectivity index (χ0n) is 22.0. The number of aromatic hydroxyl groups is 1. The number of ether oxygens (including phenoxy) is 1. The number of likely N-dealkylation sites (tertiary alicyclic amines) is 1. The lowest BCUT2D eigenvalue weighted by molar-refractivity contribution is -0.137. The van der Waals surface area contributed by atoms with Crippen molar-refractivity contribution in [3.05, 3.63) is 46.0 Å². The first-order valence-corrected chi connectivity index (χ1v) is 14.6. The third-order valence-corrected chi connectivity index (χ3v) is 7.08. The topological polar surface area (TPSA) is 155 Å². The minimum Gasteiger partial charge on any atom is -0.506 e. The van der Waals surface area contributed by atoms with E-state index in [4.69, 9.17) is 25.7 Å². The van der Waals surface area contributed by atoms with Crippen LogP contribution in [0.4, 0.5) is 0 Å². The molecule has 13 heteroatoms. The number of carbonyl (C=O) groups is 2. The summed E-state index contributed by atoms with van der Waals surface area (Å²) in [5.41, 5.74) is 0.786. The molecule has 0 radical (unpaired) electrons. The predicted octanol–water partition coefficient (Wildman–Crippen LogP) is 4.68. The van der Waals surface area contributed by atoms with Crippen molar-refractivity contribution < 1.29 is 43.1 Å². The fourth-order valence-electron chi connectivity index (χ4n) is 4.32. The summed E-state index contributed by atoms with van der Waals surface area (Å²) in [5, 5.41) is 14.3. The van der Waals surface area contributed by atoms with E-state index in [1.807, 2.05) is 19.1 Å². The number of benzene rings is 1. The average Bonchev–Trinajstić information content (AvgIpc) is 2.85. The Morgan fingerprint density at radius 1 is 1.26 bits per heavy atom. The molecule has 0 aliphatic carbocycles. The van der Waals surface area contributed by atoms with Gasteiger partial charge in [-0.25, -0.2) is 9.36 Å². The van der Waals surface area contributed by atoms with Crippen LogP contribution in [0.3, 0.4) is 0 Å². The molecule has 11 nitrogen and oxygen atoms in total. The lowest BCUT2D eigenvalue weighted by atomic mass is 9.98. The third kappa shape index (κ3) is 9.39. The summed E-state index contributed by atoms with van der Waals surface area (Å²) in [4.78, 5) is 51.8. The van der Waals surface area contributed by atoms with E-state index in [0.29, 0.717) is 25.9 Å². The number of halogens is 1. The van der Waals surface area contributed by atoms with Gasteiger partial charge in [-0.15, -0.1) is 0 Å². The highest BCUT2D eigenvalue weighted by atomic mass is 35.5. The maximum atomic E-state index is 13.2. The number of phenols is 1. The van der Waals surface area contributed by atoms with Crippen LogP contribution in [0.25, 0.3) is 0 Å². The Morgan fingerprint density at radius 2 is 1.97 bits per heavy atom. The van der Waals surface area contributed by atoms with Gasteiger partial charge in [0.25, 0.3) is 5.91 Å². The normalized spacial score (nSPS) is 22.6. The van der Waals surface area contributed by atoms with Crippen LogP contribution in [0.15, 0.2) is 35.0 Å². The van der Waals surface area contributed by atoms with E-state index in [1.54, 1.807) is 17.9 Å². The number of oxime groups is 1. The number of allylic oxidation sites excluding steroid dienone is 3. The van der Waals surface area contributed by atoms with Crippen molar-refractivity contribution >= 4 is 37.0 Å². The van der Waals surface area contributed by atoms with Crippen molar-refractivity contribution in [3.8, 4) is 11.5 Å². The number of amides is 1. The summed E-state index contributed by atoms with van der Waals surface area (Å²) in [6.45, 7) is 4.60. The van der Waals surface area contributed by atoms with Gasteiger partial charge in [-0.3, -0.25) is 14.6 Å². The molecule has 3 rings (SSSR count). The van der Waals surface area contributed by atoms with Gasteiger partial charge >= 0.3 is 13.8 Å². The van der Waals surface area contributed by atoms with E-state index < -0.39 is 31.4 Å². The molecule has 2 heterocycles. The highest BCUT2D eigenvalue weighted by molar-refractivity contribution is 7.46. The van der Waals surface area contributed by atoms with E-state index >= 15 is 0 Å². The van der Waals surface area contributed by atoms with Crippen molar-refractivity contribution in [2.45, 2.75) is 64.9 Å². The van der Waals surface area contributed by atoms with Gasteiger partial charge in [0.2, 0.25) is 0 Å². The first kappa shape index (κ1) is 30.7. The number of phosphoric acid groups is 1. The maximum Gasteiger partial charge on any atom is 0.524 e. The Morgan fingerprint density at radius 3 is 2.67 bits per heavy atom. The lowest BCUT2D eigenvalue weighted by Gasteiger charge is -2.26. The van der Waals surface area contributed by atoms with Crippen molar-refractivity contribution in [3.63, 3.8) is 0 Å². The van der Waals surface area contributed by atoms with Crippen molar-refractivity contribution in [2.24, 2.45) is 5.16 Å². The molecule has 2 aliphatic heterocycles. The molecule has 214 valence electrons. The summed E-state index contributed by atoms with van der Waals surface area (Å²) in [5.74, 6) is -2.31. The molecular formula is C26H34ClN2O9P. The zero-order chi connectivity index (χ0) is 28.6. The smallest absolute Gasteiger partial charge is 0.506 e. The molecule has 39 heavy (non-hydrogen) atoms. The van der Waals surface area contributed by atoms with E-state index in [-0.39, 0.29) is 40.8 Å². The molecule has 1 saturated heterocycles. The minimum absolute atomic E-state index is 0.0290. The average molecular weight is 585 g/mol. The summed E-state index contributed by atoms with van der Waals surface area (Å²) >= 11 is 6.40. The number of hydrogen-bond donors (Lipinski definition) is 3. The van der Waals surface area contributed by atoms with E-state index in [1.165, 1.54) is 0 Å². The van der Waals surface area contributed by atoms with Crippen molar-refractivity contribution in [1.82, 2.24) is 4.90 Å². The van der Waals surface area contributed by atoms with Gasteiger partial charge in [0.05, 0.1) is 10.7 Å². The third-order valence-electron chi connectivity index (χ3n) is 6.22. The molecule has 0 aromatic heterocycles. The van der Waals surface area contributed by atoms with Gasteiger partial charge in [-0.05, 0) is 57.6 Å². The van der Waals surface area contributed by atoms with Gasteiger partial charge in [0.1, 0.15) is 23.2 Å². The SMILES string of the molecule is C/C1=C\C(=N/OCC(=O)N2CCCCC2)Cc2c(Cl)c(O)cc(OP(=O)(O)O)c2C(=O)O[C@H](C)C/C=C/CC1. The summed E-state index contributed by atoms with van der Waals surface area (Å²) < 4.78 is 21.9. The van der Waals surface area contributed by atoms with Crippen molar-refractivity contribution in [1.29, 1.82) is 0 Å². The van der Waals surface area contributed by atoms with Crippen LogP contribution in [-0.2, 0) is 25.4 Å². The zero-order valence-corrected chi connectivity index (χ0v) is 23.6. The van der Waals surface area contributed by atoms with E-state index in [9.17, 15) is 29.0 Å². The highest BCUT2D eigenvalue weighted by Crippen LogP contribution is 2.45. The molecular weight excluding hydrogens is 551 g/mol. The Hall–Kier alpha value is -2.85. The van der Waals surface area contributed by atoms with Crippen LogP contribution in [0.1, 0.15) is 68.3 Å². The number of phenolic OH excluding ortho intramolecular Hbond substituents is 1. The molecule has 1 fully saturated rings. The number of carbonyl (C=O) groups excluding carboxylic acids is 2. The Labute approximate surface area is 232 Å². The molecule has 0 unspecified atom stereocenters. The summed E-state index contributed by atoms with van der Waals surface area (Å²) in [6, 6.07) is 0.848. The molecule has 2 aliphatic rings. The number of fused-ring (bicyclic) bond motifs is 1. The largest absolute Gasteiger partial charge is 0.524 e. The molecule has 0 saturated carbocycles. The van der Waals surface area contributed by atoms with Crippen LogP contribution in [0.5, 0.6) is 11.5 Å². The van der Waals surface area contributed by atoms with Crippen molar-refractivity contribution in [2.75, 3.05) is 19.7 Å². The molecule has 1 amide bonds. The van der Waals surface area contributed by atoms with Crippen LogP contribution >= 0.6 is 19.4 Å². The molecule has 0 spiro atoms. The second-order valence-corrected chi connectivity index (χ2v) is 11.1. The number of phosphoric ester groups is 1. The van der Waals surface area contributed by atoms with Crippen LogP contribution in [0, 0.1) is 0 Å². The first-order chi connectivity index (χ1) is 18.4. The van der Waals surface area contributed by atoms with E-state index in [2.05, 4.69) is 5.16 Å². The fraction of sp³-hybridized carbons (Fsp3) is 0.500. The Kier molecular flexibility index (Phi) is 11.0. The monoisotopic (exact) mass is 584 g/mol. The number of piperidine rings is 1. The standard InChI is InChI=1S/C26H34ClN2O9P/c1-17-9-5-3-6-10-18(2)37-26(32)24-20(25(27)21(30)15-22(24)38-39(33,34)35)14-19(13-17)28-36-16-23(31)29-11-7-4-8-12-29/h3,6,13,15,18,30H,4-5,7-12,14,16H2,1-2H3,(H2,33,34,35)/b6-3+,17-13+,28-19+/t18-/m1/s1. The van der Waals surface area contributed by atoms with Gasteiger partial charge in [-0.2, -0.15) is 0 Å². The summed E-state index contributed by atoms with van der Waals surface area (Å²) in [7, 11) is -5.13. The number of rotatable bonds is 5. The molecule has 0 bridgehead atoms. The molecule has 1 aromatic rings. The minimum atomic E-state index is -5.13. The van der Waals surface area contributed by atoms with Gasteiger partial charge in [0.15, 0.2) is 6.61 Å². The number of cyclic esters (lactones) is 1. The Bertz CT molecular complexity index is 1200. The highest BCUT2D eigenvalue weighted by Gasteiger charge is 2.30. The first-order valence-electron chi connectivity index (χ1n) is 12.7. The molecule has 3 N–H and O–H groups in total. The predicted molar refractivity (Wildman–Crippen MR) is 145 cm³/mol. The number of esters is 1. The maximum absolute atomic E-state index is 13.2. The second kappa shape index (κ2) is 14.0. The number of hydrogen-bond acceptors (Lipinski definition) is 8. The second-order valence-electron chi connectivity index (χ2n) is 9.57. The quantitative estimate of drug-likeness (QED) is 0.194. The molecule has 1 aromatic carbocycles. The van der Waals surface area contributed by atoms with E-state index in [0.717, 1.165) is 37.3 Å². The van der Waals surface area contributed by atoms with Crippen LogP contribution in [0.2, 0.25) is 5.02 Å². The lowest BCUT2D eigenvalue weighted by Crippen LogP contribution is -2.37. The molecule has 1 atom stereocenters. The number of nitrogens with zero attached hydrogens (tertiary/aromatic N) is 2. The van der Waals surface area contributed by atoms with Gasteiger partial charge in [-0.1, -0.05) is 34.5 Å². The Balaban J connectivity index is 2.04.